The van der Waals surface area contributed by atoms with Crippen LogP contribution in [0.15, 0.2) is 18.2 Å². The second-order valence-corrected chi connectivity index (χ2v) is 2.73. The summed E-state index contributed by atoms with van der Waals surface area (Å²) in [7, 11) is 0. The summed E-state index contributed by atoms with van der Waals surface area (Å²) in [6.45, 7) is 0. The van der Waals surface area contributed by atoms with Crippen LogP contribution >= 0.6 is 0 Å². The minimum Gasteiger partial charge on any atom is -0.207 e. The first-order chi connectivity index (χ1) is 5.31. The van der Waals surface area contributed by atoms with Crippen molar-refractivity contribution in [1.29, 1.82) is 5.26 Å². The van der Waals surface area contributed by atoms with Gasteiger partial charge in [-0.25, -0.2) is 4.39 Å². The first-order valence-corrected chi connectivity index (χ1v) is 3.49. The summed E-state index contributed by atoms with van der Waals surface area (Å²) in [5.74, 6) is -0.315. The molecule has 0 aliphatic heterocycles. The van der Waals surface area contributed by atoms with Crippen LogP contribution in [-0.4, -0.2) is 0 Å². The van der Waals surface area contributed by atoms with Crippen LogP contribution in [-0.2, 0) is 6.42 Å². The van der Waals surface area contributed by atoms with E-state index in [-0.39, 0.29) is 11.7 Å². The lowest BCUT2D eigenvalue weighted by Crippen LogP contribution is -2.15. The number of benzene rings is 1. The van der Waals surface area contributed by atoms with E-state index in [9.17, 15) is 4.39 Å². The van der Waals surface area contributed by atoms with Gasteiger partial charge in [-0.05, 0) is 29.7 Å². The Balaban J connectivity index is 2.47. The summed E-state index contributed by atoms with van der Waals surface area (Å²) < 4.78 is 12.6. The van der Waals surface area contributed by atoms with Crippen LogP contribution in [0.1, 0.15) is 17.0 Å². The van der Waals surface area contributed by atoms with Crippen molar-refractivity contribution in [2.24, 2.45) is 0 Å². The van der Waals surface area contributed by atoms with Crippen molar-refractivity contribution in [3.63, 3.8) is 0 Å². The number of nitrogens with zero attached hydrogens (tertiary/aromatic N) is 1. The van der Waals surface area contributed by atoms with Crippen LogP contribution in [0.4, 0.5) is 4.39 Å². The summed E-state index contributed by atoms with van der Waals surface area (Å²) in [5.41, 5.74) is 1.98. The molecular formula is C9H6FN. The maximum Gasteiger partial charge on any atom is 0.123 e. The second kappa shape index (κ2) is 2.06. The lowest BCUT2D eigenvalue weighted by molar-refractivity contribution is 0.614. The topological polar surface area (TPSA) is 23.8 Å². The molecule has 1 aromatic carbocycles. The predicted octanol–water partition coefficient (Wildman–Crippen LogP) is 1.99. The molecule has 0 saturated heterocycles. The highest BCUT2D eigenvalue weighted by atomic mass is 19.1. The molecule has 0 bridgehead atoms. The molecule has 1 aliphatic rings. The Morgan fingerprint density at radius 1 is 1.55 bits per heavy atom. The van der Waals surface area contributed by atoms with E-state index in [1.165, 1.54) is 12.1 Å². The van der Waals surface area contributed by atoms with Gasteiger partial charge >= 0.3 is 0 Å². The summed E-state index contributed by atoms with van der Waals surface area (Å²) >= 11 is 0. The molecular weight excluding hydrogens is 141 g/mol. The summed E-state index contributed by atoms with van der Waals surface area (Å²) in [6, 6.07) is 6.75. The molecule has 0 N–H and O–H groups in total. The molecule has 11 heavy (non-hydrogen) atoms. The molecule has 0 heterocycles. The lowest BCUT2D eigenvalue weighted by Gasteiger charge is -2.23. The zero-order chi connectivity index (χ0) is 7.84. The minimum absolute atomic E-state index is 0.0688. The zero-order valence-corrected chi connectivity index (χ0v) is 5.84. The number of rotatable bonds is 0. The SMILES string of the molecule is N#CC1Cc2ccc(F)cc21. The smallest absolute Gasteiger partial charge is 0.123 e. The minimum atomic E-state index is -0.247. The zero-order valence-electron chi connectivity index (χ0n) is 5.84. The largest absolute Gasteiger partial charge is 0.207 e. The predicted molar refractivity (Wildman–Crippen MR) is 38.5 cm³/mol. The Morgan fingerprint density at radius 3 is 3.09 bits per heavy atom. The van der Waals surface area contributed by atoms with Gasteiger partial charge in [0.1, 0.15) is 5.82 Å². The third kappa shape index (κ3) is 0.813. The van der Waals surface area contributed by atoms with Crippen LogP contribution < -0.4 is 0 Å². The van der Waals surface area contributed by atoms with Crippen molar-refractivity contribution in [2.45, 2.75) is 12.3 Å². The molecule has 2 rings (SSSR count). The fraction of sp³-hybridized carbons (Fsp3) is 0.222. The molecule has 1 atom stereocenters. The molecule has 1 aliphatic carbocycles. The molecule has 0 saturated carbocycles. The van der Waals surface area contributed by atoms with Crippen molar-refractivity contribution in [2.75, 3.05) is 0 Å². The van der Waals surface area contributed by atoms with E-state index in [1.54, 1.807) is 6.07 Å². The van der Waals surface area contributed by atoms with E-state index >= 15 is 0 Å². The highest BCUT2D eigenvalue weighted by Gasteiger charge is 2.25. The van der Waals surface area contributed by atoms with Crippen molar-refractivity contribution >= 4 is 0 Å². The third-order valence-corrected chi connectivity index (χ3v) is 2.06. The quantitative estimate of drug-likeness (QED) is 0.550. The number of nitriles is 1. The van der Waals surface area contributed by atoms with E-state index in [0.717, 1.165) is 17.5 Å². The van der Waals surface area contributed by atoms with E-state index in [0.29, 0.717) is 0 Å². The molecule has 1 nitrogen and oxygen atoms in total. The van der Waals surface area contributed by atoms with Crippen molar-refractivity contribution < 1.29 is 4.39 Å². The number of hydrogen-bond donors (Lipinski definition) is 0. The van der Waals surface area contributed by atoms with Crippen LogP contribution in [0.2, 0.25) is 0 Å². The van der Waals surface area contributed by atoms with Gasteiger partial charge in [-0.2, -0.15) is 5.26 Å². The fourth-order valence-corrected chi connectivity index (χ4v) is 1.39. The van der Waals surface area contributed by atoms with Gasteiger partial charge < -0.3 is 0 Å². The average molecular weight is 147 g/mol. The van der Waals surface area contributed by atoms with Crippen LogP contribution in [0, 0.1) is 17.1 Å². The second-order valence-electron chi connectivity index (χ2n) is 2.73. The maximum atomic E-state index is 12.6. The number of fused-ring (bicyclic) bond motifs is 1. The van der Waals surface area contributed by atoms with Crippen molar-refractivity contribution in [3.05, 3.63) is 35.1 Å². The Labute approximate surface area is 64.1 Å². The lowest BCUT2D eigenvalue weighted by atomic mass is 9.79. The molecule has 0 amide bonds. The average Bonchev–Trinajstić information content (AvgIpc) is 1.97. The normalized spacial score (nSPS) is 19.8. The van der Waals surface area contributed by atoms with Gasteiger partial charge in [0.25, 0.3) is 0 Å². The third-order valence-electron chi connectivity index (χ3n) is 2.06. The fourth-order valence-electron chi connectivity index (χ4n) is 1.39. The summed E-state index contributed by atoms with van der Waals surface area (Å²) in [5, 5.41) is 8.55. The maximum absolute atomic E-state index is 12.6. The molecule has 0 aromatic heterocycles. The van der Waals surface area contributed by atoms with Gasteiger partial charge in [-0.3, -0.25) is 0 Å². The van der Waals surface area contributed by atoms with Gasteiger partial charge in [0.05, 0.1) is 12.0 Å². The Hall–Kier alpha value is -1.36. The Bertz CT molecular complexity index is 338. The molecule has 0 spiro atoms. The summed E-state index contributed by atoms with van der Waals surface area (Å²) in [6.07, 6.45) is 0.784. The molecule has 2 heteroatoms. The number of hydrogen-bond acceptors (Lipinski definition) is 1. The van der Waals surface area contributed by atoms with Crippen LogP contribution in [0.25, 0.3) is 0 Å². The van der Waals surface area contributed by atoms with Crippen molar-refractivity contribution in [1.82, 2.24) is 0 Å². The molecule has 0 radical (unpaired) electrons. The van der Waals surface area contributed by atoms with Gasteiger partial charge in [-0.1, -0.05) is 6.07 Å². The molecule has 54 valence electrons. The van der Waals surface area contributed by atoms with Gasteiger partial charge in [0.2, 0.25) is 0 Å². The van der Waals surface area contributed by atoms with Crippen LogP contribution in [0.3, 0.4) is 0 Å². The van der Waals surface area contributed by atoms with E-state index in [4.69, 9.17) is 5.26 Å². The number of halogens is 1. The molecule has 1 aromatic rings. The van der Waals surface area contributed by atoms with E-state index < -0.39 is 0 Å². The summed E-state index contributed by atoms with van der Waals surface area (Å²) in [4.78, 5) is 0. The van der Waals surface area contributed by atoms with Gasteiger partial charge in [0.15, 0.2) is 0 Å². The van der Waals surface area contributed by atoms with Gasteiger partial charge in [0, 0.05) is 0 Å². The van der Waals surface area contributed by atoms with E-state index in [1.807, 2.05) is 0 Å². The first-order valence-electron chi connectivity index (χ1n) is 3.49. The highest BCUT2D eigenvalue weighted by molar-refractivity contribution is 5.44. The van der Waals surface area contributed by atoms with Gasteiger partial charge in [-0.15, -0.1) is 0 Å². The first kappa shape index (κ1) is 6.36. The molecule has 1 unspecified atom stereocenters. The van der Waals surface area contributed by atoms with Crippen LogP contribution in [0.5, 0.6) is 0 Å². The Kier molecular flexibility index (Phi) is 1.19. The van der Waals surface area contributed by atoms with Crippen molar-refractivity contribution in [3.8, 4) is 6.07 Å². The molecule has 0 fully saturated rings. The highest BCUT2D eigenvalue weighted by Crippen LogP contribution is 2.34. The van der Waals surface area contributed by atoms with E-state index in [2.05, 4.69) is 6.07 Å². The monoisotopic (exact) mass is 147 g/mol. The Morgan fingerprint density at radius 2 is 2.36 bits per heavy atom. The standard InChI is InChI=1S/C9H6FN/c10-8-2-1-6-3-7(5-11)9(6)4-8/h1-2,4,7H,3H2.